The molecule has 14 heavy (non-hydrogen) atoms. The summed E-state index contributed by atoms with van der Waals surface area (Å²) in [6.45, 7) is 0.629. The first-order valence-corrected chi connectivity index (χ1v) is 4.66. The van der Waals surface area contributed by atoms with Crippen LogP contribution in [0.1, 0.15) is 6.42 Å². The van der Waals surface area contributed by atoms with Gasteiger partial charge in [0.05, 0.1) is 28.9 Å². The van der Waals surface area contributed by atoms with E-state index in [4.69, 9.17) is 22.6 Å². The van der Waals surface area contributed by atoms with Crippen molar-refractivity contribution in [2.45, 2.75) is 6.42 Å². The van der Waals surface area contributed by atoms with Gasteiger partial charge in [0.1, 0.15) is 0 Å². The third kappa shape index (κ3) is 2.30. The van der Waals surface area contributed by atoms with Crippen LogP contribution in [-0.2, 0) is 0 Å². The van der Waals surface area contributed by atoms with Gasteiger partial charge in [-0.25, -0.2) is 0 Å². The van der Waals surface area contributed by atoms with Crippen molar-refractivity contribution in [2.24, 2.45) is 0 Å². The van der Waals surface area contributed by atoms with Crippen molar-refractivity contribution in [1.82, 2.24) is 0 Å². The molecule has 0 spiro atoms. The normalized spacial score (nSPS) is 9.50. The summed E-state index contributed by atoms with van der Waals surface area (Å²) in [6.07, 6.45) is 0.459. The van der Waals surface area contributed by atoms with Crippen LogP contribution < -0.4 is 10.6 Å². The molecular weight excluding hydrogens is 198 g/mol. The smallest absolute Gasteiger partial charge is 0.0786 e. The molecule has 0 aliphatic heterocycles. The Morgan fingerprint density at radius 2 is 2.29 bits per heavy atom. The van der Waals surface area contributed by atoms with Crippen LogP contribution in [0.4, 0.5) is 11.4 Å². The lowest BCUT2D eigenvalue weighted by Crippen LogP contribution is -2.19. The molecule has 0 atom stereocenters. The molecule has 4 heteroatoms. The van der Waals surface area contributed by atoms with Crippen molar-refractivity contribution in [2.75, 3.05) is 24.2 Å². The van der Waals surface area contributed by atoms with Gasteiger partial charge < -0.3 is 10.6 Å². The molecule has 2 N–H and O–H groups in total. The van der Waals surface area contributed by atoms with Crippen molar-refractivity contribution in [3.05, 3.63) is 23.2 Å². The Morgan fingerprint density at radius 1 is 1.57 bits per heavy atom. The number of hydrogen-bond donors (Lipinski definition) is 1. The van der Waals surface area contributed by atoms with Gasteiger partial charge in [-0.3, -0.25) is 0 Å². The second-order valence-corrected chi connectivity index (χ2v) is 3.41. The summed E-state index contributed by atoms with van der Waals surface area (Å²) in [6, 6.07) is 7.47. The number of halogens is 1. The lowest BCUT2D eigenvalue weighted by atomic mass is 10.2. The number of benzene rings is 1. The highest BCUT2D eigenvalue weighted by molar-refractivity contribution is 6.33. The summed E-state index contributed by atoms with van der Waals surface area (Å²) in [5.74, 6) is 0. The monoisotopic (exact) mass is 209 g/mol. The second-order valence-electron chi connectivity index (χ2n) is 3.01. The average molecular weight is 210 g/mol. The Hall–Kier alpha value is -1.40. The van der Waals surface area contributed by atoms with Gasteiger partial charge in [0.25, 0.3) is 0 Å². The summed E-state index contributed by atoms with van der Waals surface area (Å²) in [5, 5.41) is 9.08. The molecule has 1 aromatic rings. The maximum Gasteiger partial charge on any atom is 0.0786 e. The van der Waals surface area contributed by atoms with Crippen LogP contribution in [0.5, 0.6) is 0 Å². The molecule has 0 bridgehead atoms. The zero-order valence-electron chi connectivity index (χ0n) is 8.00. The predicted octanol–water partition coefficient (Wildman–Crippen LogP) is 2.27. The predicted molar refractivity (Wildman–Crippen MR) is 59.4 cm³/mol. The number of hydrogen-bond acceptors (Lipinski definition) is 3. The van der Waals surface area contributed by atoms with Crippen LogP contribution in [0.3, 0.4) is 0 Å². The van der Waals surface area contributed by atoms with E-state index in [0.29, 0.717) is 23.7 Å². The van der Waals surface area contributed by atoms with E-state index in [-0.39, 0.29) is 0 Å². The van der Waals surface area contributed by atoms with Crippen LogP contribution in [-0.4, -0.2) is 13.6 Å². The van der Waals surface area contributed by atoms with Crippen LogP contribution in [0.25, 0.3) is 0 Å². The molecular formula is C10H12ClN3. The fourth-order valence-corrected chi connectivity index (χ4v) is 1.59. The Labute approximate surface area is 88.7 Å². The molecule has 0 amide bonds. The van der Waals surface area contributed by atoms with Gasteiger partial charge in [-0.05, 0) is 12.1 Å². The molecule has 0 radical (unpaired) electrons. The summed E-state index contributed by atoms with van der Waals surface area (Å²) < 4.78 is 0. The quantitative estimate of drug-likeness (QED) is 0.778. The van der Waals surface area contributed by atoms with E-state index in [1.807, 2.05) is 11.9 Å². The molecule has 3 nitrogen and oxygen atoms in total. The zero-order chi connectivity index (χ0) is 10.6. The molecule has 0 saturated carbocycles. The molecule has 0 saturated heterocycles. The molecule has 0 fully saturated rings. The highest BCUT2D eigenvalue weighted by atomic mass is 35.5. The van der Waals surface area contributed by atoms with Gasteiger partial charge >= 0.3 is 0 Å². The van der Waals surface area contributed by atoms with Crippen molar-refractivity contribution >= 4 is 23.0 Å². The van der Waals surface area contributed by atoms with Crippen molar-refractivity contribution in [3.8, 4) is 6.07 Å². The molecule has 0 aromatic heterocycles. The third-order valence-corrected chi connectivity index (χ3v) is 2.26. The zero-order valence-corrected chi connectivity index (χ0v) is 8.75. The van der Waals surface area contributed by atoms with Gasteiger partial charge in [0.15, 0.2) is 0 Å². The molecule has 0 unspecified atom stereocenters. The molecule has 1 rings (SSSR count). The van der Waals surface area contributed by atoms with E-state index in [0.717, 1.165) is 5.69 Å². The summed E-state index contributed by atoms with van der Waals surface area (Å²) >= 11 is 6.00. The lowest BCUT2D eigenvalue weighted by molar-refractivity contribution is 0.907. The minimum Gasteiger partial charge on any atom is -0.397 e. The number of rotatable bonds is 3. The van der Waals surface area contributed by atoms with Gasteiger partial charge in [-0.1, -0.05) is 17.7 Å². The Morgan fingerprint density at radius 3 is 2.86 bits per heavy atom. The summed E-state index contributed by atoms with van der Waals surface area (Å²) in [7, 11) is 1.87. The molecule has 0 heterocycles. The fraction of sp³-hybridized carbons (Fsp3) is 0.300. The molecule has 0 aliphatic rings. The van der Waals surface area contributed by atoms with E-state index >= 15 is 0 Å². The molecule has 0 aliphatic carbocycles. The first kappa shape index (κ1) is 10.7. The summed E-state index contributed by atoms with van der Waals surface area (Å²) in [4.78, 5) is 1.89. The van der Waals surface area contributed by atoms with E-state index in [1.54, 1.807) is 18.2 Å². The highest BCUT2D eigenvalue weighted by Gasteiger charge is 2.08. The maximum absolute atomic E-state index is 8.46. The minimum atomic E-state index is 0.459. The van der Waals surface area contributed by atoms with Crippen LogP contribution in [0.2, 0.25) is 5.02 Å². The lowest BCUT2D eigenvalue weighted by Gasteiger charge is -2.20. The molecule has 1 aromatic carbocycles. The second kappa shape index (κ2) is 4.73. The van der Waals surface area contributed by atoms with Crippen LogP contribution >= 0.6 is 11.6 Å². The Bertz CT molecular complexity index is 337. The minimum absolute atomic E-state index is 0.459. The Balaban J connectivity index is 2.89. The number of nitrogen functional groups attached to an aromatic ring is 1. The number of nitrogens with zero attached hydrogens (tertiary/aromatic N) is 2. The van der Waals surface area contributed by atoms with Crippen LogP contribution in [0, 0.1) is 11.3 Å². The standard InChI is InChI=1S/C10H12ClN3/c1-14(7-3-6-12)10-8(11)4-2-5-9(10)13/h2,4-5H,3,7,13H2,1H3. The van der Waals surface area contributed by atoms with E-state index < -0.39 is 0 Å². The topological polar surface area (TPSA) is 53.0 Å². The fourth-order valence-electron chi connectivity index (χ4n) is 1.26. The van der Waals surface area contributed by atoms with Gasteiger partial charge in [-0.2, -0.15) is 5.26 Å². The first-order chi connectivity index (χ1) is 6.66. The van der Waals surface area contributed by atoms with E-state index in [9.17, 15) is 0 Å². The van der Waals surface area contributed by atoms with Gasteiger partial charge in [0, 0.05) is 13.6 Å². The number of anilines is 2. The largest absolute Gasteiger partial charge is 0.397 e. The maximum atomic E-state index is 8.46. The van der Waals surface area contributed by atoms with Gasteiger partial charge in [0.2, 0.25) is 0 Å². The number of para-hydroxylation sites is 1. The highest BCUT2D eigenvalue weighted by Crippen LogP contribution is 2.30. The van der Waals surface area contributed by atoms with Crippen LogP contribution in [0.15, 0.2) is 18.2 Å². The van der Waals surface area contributed by atoms with E-state index in [2.05, 4.69) is 6.07 Å². The first-order valence-electron chi connectivity index (χ1n) is 4.29. The third-order valence-electron chi connectivity index (χ3n) is 1.96. The summed E-state index contributed by atoms with van der Waals surface area (Å²) in [5.41, 5.74) is 7.22. The van der Waals surface area contributed by atoms with Gasteiger partial charge in [-0.15, -0.1) is 0 Å². The van der Waals surface area contributed by atoms with Crippen molar-refractivity contribution < 1.29 is 0 Å². The average Bonchev–Trinajstić information content (AvgIpc) is 2.14. The van der Waals surface area contributed by atoms with Crippen molar-refractivity contribution in [1.29, 1.82) is 5.26 Å². The number of nitriles is 1. The van der Waals surface area contributed by atoms with Crippen molar-refractivity contribution in [3.63, 3.8) is 0 Å². The Kier molecular flexibility index (Phi) is 3.61. The SMILES string of the molecule is CN(CCC#N)c1c(N)cccc1Cl. The van der Waals surface area contributed by atoms with E-state index in [1.165, 1.54) is 0 Å². The molecule has 74 valence electrons. The number of nitrogens with two attached hydrogens (primary N) is 1.